The second-order valence-electron chi connectivity index (χ2n) is 7.73. The van der Waals surface area contributed by atoms with Crippen molar-refractivity contribution in [3.63, 3.8) is 0 Å². The largest absolute Gasteiger partial charge is 0.364 e. The van der Waals surface area contributed by atoms with Crippen molar-refractivity contribution in [1.29, 1.82) is 5.26 Å². The molecule has 3 N–H and O–H groups in total. The van der Waals surface area contributed by atoms with E-state index in [1.807, 2.05) is 0 Å². The molecule has 0 atom stereocenters. The Labute approximate surface area is 171 Å². The van der Waals surface area contributed by atoms with Gasteiger partial charge in [-0.2, -0.15) is 14.7 Å². The Morgan fingerprint density at radius 2 is 2.13 bits per heavy atom. The fourth-order valence-corrected chi connectivity index (χ4v) is 5.90. The van der Waals surface area contributed by atoms with Gasteiger partial charge < -0.3 is 10.7 Å². The van der Waals surface area contributed by atoms with Gasteiger partial charge in [0.1, 0.15) is 17.5 Å². The number of aromatic amines is 1. The molecule has 154 valence electrons. The predicted octanol–water partition coefficient (Wildman–Crippen LogP) is 0.337. The van der Waals surface area contributed by atoms with Crippen LogP contribution in [0.1, 0.15) is 29.8 Å². The minimum atomic E-state index is -3.35. The quantitative estimate of drug-likeness (QED) is 0.573. The standard InChI is InChI=1S/C18H18N8O3S/c19-5-4-18(8-25(9-18)30(28,29)11-1-2-11)26-7-13(15(24-26)16(20)27)14-12-3-6-21-17(12)23-10-22-14/h3,6-7,10-11H,1-2,4,8-9H2,(H2,20,27)(H,21,22,23). The Balaban J connectivity index is 1.58. The first kappa shape index (κ1) is 18.7. The molecule has 3 aromatic heterocycles. The van der Waals surface area contributed by atoms with Crippen LogP contribution in [0.15, 0.2) is 24.8 Å². The summed E-state index contributed by atoms with van der Waals surface area (Å²) >= 11 is 0. The zero-order chi connectivity index (χ0) is 21.1. The van der Waals surface area contributed by atoms with Gasteiger partial charge >= 0.3 is 0 Å². The van der Waals surface area contributed by atoms with Crippen LogP contribution in [0.5, 0.6) is 0 Å². The third kappa shape index (κ3) is 2.70. The zero-order valence-corrected chi connectivity index (χ0v) is 16.6. The van der Waals surface area contributed by atoms with Crippen molar-refractivity contribution in [2.75, 3.05) is 13.1 Å². The van der Waals surface area contributed by atoms with E-state index in [2.05, 4.69) is 26.1 Å². The van der Waals surface area contributed by atoms with E-state index in [1.165, 1.54) is 15.3 Å². The fourth-order valence-electron chi connectivity index (χ4n) is 3.91. The maximum absolute atomic E-state index is 12.5. The van der Waals surface area contributed by atoms with Gasteiger partial charge in [0.2, 0.25) is 10.0 Å². The van der Waals surface area contributed by atoms with Gasteiger partial charge in [-0.05, 0) is 18.9 Å². The maximum atomic E-state index is 12.5. The Kier molecular flexibility index (Phi) is 3.96. The lowest BCUT2D eigenvalue weighted by molar-refractivity contribution is 0.0706. The maximum Gasteiger partial charge on any atom is 0.269 e. The number of nitrogens with two attached hydrogens (primary N) is 1. The van der Waals surface area contributed by atoms with Crippen LogP contribution < -0.4 is 5.73 Å². The van der Waals surface area contributed by atoms with Gasteiger partial charge in [-0.15, -0.1) is 0 Å². The van der Waals surface area contributed by atoms with Crippen molar-refractivity contribution < 1.29 is 13.2 Å². The minimum Gasteiger partial charge on any atom is -0.364 e. The lowest BCUT2D eigenvalue weighted by atomic mass is 9.89. The highest BCUT2D eigenvalue weighted by molar-refractivity contribution is 7.90. The van der Waals surface area contributed by atoms with Crippen LogP contribution >= 0.6 is 0 Å². The topological polar surface area (TPSA) is 164 Å². The molecule has 0 spiro atoms. The number of H-pyrrole nitrogens is 1. The van der Waals surface area contributed by atoms with Gasteiger partial charge in [-0.3, -0.25) is 9.48 Å². The van der Waals surface area contributed by atoms with E-state index in [9.17, 15) is 18.5 Å². The molecule has 30 heavy (non-hydrogen) atoms. The summed E-state index contributed by atoms with van der Waals surface area (Å²) in [4.78, 5) is 23.6. The first-order valence-corrected chi connectivity index (χ1v) is 10.9. The van der Waals surface area contributed by atoms with Gasteiger partial charge in [0.05, 0.1) is 29.0 Å². The summed E-state index contributed by atoms with van der Waals surface area (Å²) in [5, 5.41) is 14.1. The molecule has 0 aromatic carbocycles. The van der Waals surface area contributed by atoms with Gasteiger partial charge in [-0.1, -0.05) is 0 Å². The lowest BCUT2D eigenvalue weighted by Gasteiger charge is -2.48. The molecule has 1 saturated heterocycles. The van der Waals surface area contributed by atoms with E-state index in [-0.39, 0.29) is 30.5 Å². The number of nitriles is 1. The molecule has 1 saturated carbocycles. The molecule has 4 heterocycles. The second kappa shape index (κ2) is 6.35. The van der Waals surface area contributed by atoms with Crippen molar-refractivity contribution in [3.05, 3.63) is 30.5 Å². The summed E-state index contributed by atoms with van der Waals surface area (Å²) in [5.41, 5.74) is 6.21. The number of fused-ring (bicyclic) bond motifs is 1. The zero-order valence-electron chi connectivity index (χ0n) is 15.8. The predicted molar refractivity (Wildman–Crippen MR) is 105 cm³/mol. The Morgan fingerprint density at radius 3 is 2.80 bits per heavy atom. The van der Waals surface area contributed by atoms with Crippen molar-refractivity contribution in [2.24, 2.45) is 5.73 Å². The number of nitrogens with zero attached hydrogens (tertiary/aromatic N) is 6. The van der Waals surface area contributed by atoms with E-state index in [0.717, 1.165) is 0 Å². The molecule has 3 aromatic rings. The number of carbonyl (C=O) groups is 1. The Bertz CT molecular complexity index is 1310. The third-order valence-electron chi connectivity index (χ3n) is 5.70. The molecule has 1 aliphatic carbocycles. The summed E-state index contributed by atoms with van der Waals surface area (Å²) in [6, 6.07) is 3.90. The molecule has 11 nitrogen and oxygen atoms in total. The molecule has 12 heteroatoms. The molecular formula is C18H18N8O3S. The molecule has 5 rings (SSSR count). The highest BCUT2D eigenvalue weighted by atomic mass is 32.2. The molecule has 2 aliphatic rings. The van der Waals surface area contributed by atoms with Crippen LogP contribution in [0.2, 0.25) is 0 Å². The summed E-state index contributed by atoms with van der Waals surface area (Å²) in [7, 11) is -3.35. The summed E-state index contributed by atoms with van der Waals surface area (Å²) < 4.78 is 28.0. The fraction of sp³-hybridized carbons (Fsp3) is 0.389. The number of primary amides is 1. The van der Waals surface area contributed by atoms with E-state index < -0.39 is 21.5 Å². The number of aromatic nitrogens is 5. The van der Waals surface area contributed by atoms with Crippen LogP contribution in [0.4, 0.5) is 0 Å². The van der Waals surface area contributed by atoms with E-state index in [4.69, 9.17) is 5.73 Å². The average molecular weight is 426 g/mol. The van der Waals surface area contributed by atoms with E-state index in [1.54, 1.807) is 18.5 Å². The second-order valence-corrected chi connectivity index (χ2v) is 9.95. The normalized spacial score (nSPS) is 18.8. The monoisotopic (exact) mass is 426 g/mol. The van der Waals surface area contributed by atoms with Gasteiger partial charge in [0.15, 0.2) is 5.69 Å². The molecular weight excluding hydrogens is 408 g/mol. The molecule has 2 fully saturated rings. The van der Waals surface area contributed by atoms with Gasteiger partial charge in [0, 0.05) is 30.9 Å². The van der Waals surface area contributed by atoms with Crippen molar-refractivity contribution in [3.8, 4) is 17.3 Å². The number of nitrogens with one attached hydrogen (secondary N) is 1. The van der Waals surface area contributed by atoms with Gasteiger partial charge in [0.25, 0.3) is 5.91 Å². The highest BCUT2D eigenvalue weighted by Crippen LogP contribution is 2.41. The summed E-state index contributed by atoms with van der Waals surface area (Å²) in [6.45, 7) is 0.254. The lowest BCUT2D eigenvalue weighted by Crippen LogP contribution is -2.64. The molecule has 0 bridgehead atoms. The summed E-state index contributed by atoms with van der Waals surface area (Å²) in [6.07, 6.45) is 6.08. The smallest absolute Gasteiger partial charge is 0.269 e. The average Bonchev–Trinajstić information content (AvgIpc) is 3.27. The van der Waals surface area contributed by atoms with Gasteiger partial charge in [-0.25, -0.2) is 18.4 Å². The number of rotatable bonds is 6. The highest BCUT2D eigenvalue weighted by Gasteiger charge is 2.54. The van der Waals surface area contributed by atoms with E-state index in [0.29, 0.717) is 35.1 Å². The molecule has 0 unspecified atom stereocenters. The first-order valence-electron chi connectivity index (χ1n) is 9.40. The Hall–Kier alpha value is -3.30. The summed E-state index contributed by atoms with van der Waals surface area (Å²) in [5.74, 6) is -0.736. The van der Waals surface area contributed by atoms with Crippen LogP contribution in [0, 0.1) is 11.3 Å². The van der Waals surface area contributed by atoms with Crippen LogP contribution in [-0.4, -0.2) is 61.7 Å². The van der Waals surface area contributed by atoms with Crippen LogP contribution in [-0.2, 0) is 15.6 Å². The number of carbonyl (C=O) groups excluding carboxylic acids is 1. The number of hydrogen-bond donors (Lipinski definition) is 2. The molecule has 0 radical (unpaired) electrons. The van der Waals surface area contributed by atoms with Crippen LogP contribution in [0.3, 0.4) is 0 Å². The van der Waals surface area contributed by atoms with Crippen LogP contribution in [0.25, 0.3) is 22.3 Å². The molecule has 1 amide bonds. The first-order chi connectivity index (χ1) is 14.4. The minimum absolute atomic E-state index is 0.0111. The van der Waals surface area contributed by atoms with Crippen molar-refractivity contribution in [1.82, 2.24) is 29.0 Å². The molecule has 1 aliphatic heterocycles. The Morgan fingerprint density at radius 1 is 1.37 bits per heavy atom. The van der Waals surface area contributed by atoms with E-state index >= 15 is 0 Å². The number of amides is 1. The SMILES string of the molecule is N#CCC1(n2cc(-c3ncnc4[nH]ccc34)c(C(N)=O)n2)CN(S(=O)(=O)C2CC2)C1. The number of sulfonamides is 1. The third-order valence-corrected chi connectivity index (χ3v) is 7.99. The number of hydrogen-bond acceptors (Lipinski definition) is 7. The van der Waals surface area contributed by atoms with Crippen molar-refractivity contribution >= 4 is 27.0 Å². The van der Waals surface area contributed by atoms with Crippen molar-refractivity contribution in [2.45, 2.75) is 30.1 Å².